The summed E-state index contributed by atoms with van der Waals surface area (Å²) in [7, 11) is 0. The third-order valence-electron chi connectivity index (χ3n) is 2.12. The fourth-order valence-corrected chi connectivity index (χ4v) is 1.24. The van der Waals surface area contributed by atoms with Gasteiger partial charge in [0, 0.05) is 6.42 Å². The van der Waals surface area contributed by atoms with Gasteiger partial charge in [0.2, 0.25) is 0 Å². The highest BCUT2D eigenvalue weighted by Gasteiger charge is 2.19. The molecule has 20 heavy (non-hydrogen) atoms. The number of carbonyl (C=O) groups excluding carboxylic acids is 2. The van der Waals surface area contributed by atoms with Crippen LogP contribution in [0.2, 0.25) is 0 Å². The van der Waals surface area contributed by atoms with Gasteiger partial charge in [-0.25, -0.2) is 14.4 Å². The SMILES string of the molecule is NC(=O)OCCNC(=O)N[C@H](CCCC(=O)O)C(=O)O. The molecule has 6 N–H and O–H groups in total. The van der Waals surface area contributed by atoms with E-state index in [4.69, 9.17) is 15.9 Å². The Kier molecular flexibility index (Phi) is 8.23. The van der Waals surface area contributed by atoms with Gasteiger partial charge in [-0.2, -0.15) is 0 Å². The number of rotatable bonds is 9. The van der Waals surface area contributed by atoms with E-state index in [1.165, 1.54) is 0 Å². The van der Waals surface area contributed by atoms with Crippen LogP contribution < -0.4 is 16.4 Å². The van der Waals surface area contributed by atoms with Gasteiger partial charge >= 0.3 is 24.1 Å². The highest BCUT2D eigenvalue weighted by molar-refractivity contribution is 5.82. The van der Waals surface area contributed by atoms with Crippen molar-refractivity contribution in [2.45, 2.75) is 25.3 Å². The number of carboxylic acid groups (broad SMARTS) is 2. The number of nitrogens with one attached hydrogen (secondary N) is 2. The number of primary amides is 1. The summed E-state index contributed by atoms with van der Waals surface area (Å²) in [6, 6.07) is -1.95. The van der Waals surface area contributed by atoms with E-state index >= 15 is 0 Å². The summed E-state index contributed by atoms with van der Waals surface area (Å²) in [6.45, 7) is -0.171. The van der Waals surface area contributed by atoms with Crippen LogP contribution in [-0.4, -0.2) is 53.5 Å². The highest BCUT2D eigenvalue weighted by atomic mass is 16.5. The summed E-state index contributed by atoms with van der Waals surface area (Å²) in [5.41, 5.74) is 4.69. The van der Waals surface area contributed by atoms with Crippen LogP contribution in [0.5, 0.6) is 0 Å². The number of hydrogen-bond acceptors (Lipinski definition) is 5. The molecule has 10 heteroatoms. The molecule has 114 valence electrons. The van der Waals surface area contributed by atoms with E-state index in [1.807, 2.05) is 0 Å². The number of nitrogens with two attached hydrogens (primary N) is 1. The van der Waals surface area contributed by atoms with Crippen LogP contribution in [0.15, 0.2) is 0 Å². The first-order valence-corrected chi connectivity index (χ1v) is 5.74. The molecule has 0 aliphatic rings. The molecule has 0 aromatic carbocycles. The lowest BCUT2D eigenvalue weighted by molar-refractivity contribution is -0.140. The molecule has 0 fully saturated rings. The second-order valence-electron chi connectivity index (χ2n) is 3.74. The Hall–Kier alpha value is -2.52. The van der Waals surface area contributed by atoms with E-state index in [9.17, 15) is 19.2 Å². The Bertz CT molecular complexity index is 372. The summed E-state index contributed by atoms with van der Waals surface area (Å²) < 4.78 is 4.35. The summed E-state index contributed by atoms with van der Waals surface area (Å²) in [6.07, 6.45) is -1.05. The molecule has 0 saturated carbocycles. The van der Waals surface area contributed by atoms with Gasteiger partial charge in [0.05, 0.1) is 6.54 Å². The molecule has 0 aromatic heterocycles. The molecular weight excluding hydrogens is 274 g/mol. The second kappa shape index (κ2) is 9.42. The minimum absolute atomic E-state index is 0.00710. The largest absolute Gasteiger partial charge is 0.481 e. The van der Waals surface area contributed by atoms with Crippen molar-refractivity contribution in [2.24, 2.45) is 5.73 Å². The normalized spacial score (nSPS) is 11.2. The van der Waals surface area contributed by atoms with E-state index in [-0.39, 0.29) is 32.4 Å². The quantitative estimate of drug-likeness (QED) is 0.342. The van der Waals surface area contributed by atoms with Crippen LogP contribution >= 0.6 is 0 Å². The Balaban J connectivity index is 3.98. The van der Waals surface area contributed by atoms with Gasteiger partial charge in [0.15, 0.2) is 0 Å². The van der Waals surface area contributed by atoms with E-state index in [1.54, 1.807) is 0 Å². The molecule has 0 unspecified atom stereocenters. The Labute approximate surface area is 114 Å². The zero-order chi connectivity index (χ0) is 15.5. The van der Waals surface area contributed by atoms with E-state index in [2.05, 4.69) is 15.4 Å². The molecule has 0 saturated heterocycles. The lowest BCUT2D eigenvalue weighted by atomic mass is 10.1. The zero-order valence-corrected chi connectivity index (χ0v) is 10.6. The first-order valence-electron chi connectivity index (χ1n) is 5.74. The van der Waals surface area contributed by atoms with Gasteiger partial charge in [0.1, 0.15) is 12.6 Å². The van der Waals surface area contributed by atoms with Gasteiger partial charge in [-0.1, -0.05) is 0 Å². The molecule has 0 heterocycles. The van der Waals surface area contributed by atoms with Crippen molar-refractivity contribution in [3.05, 3.63) is 0 Å². The predicted octanol–water partition coefficient (Wildman–Crippen LogP) is -0.911. The lowest BCUT2D eigenvalue weighted by Crippen LogP contribution is -2.46. The lowest BCUT2D eigenvalue weighted by Gasteiger charge is -2.14. The molecule has 3 amide bonds. The first kappa shape index (κ1) is 17.5. The maximum atomic E-state index is 11.3. The number of carboxylic acids is 2. The standard InChI is InChI=1S/C10H17N3O7/c11-9(18)20-5-4-12-10(19)13-6(8(16)17)2-1-3-7(14)15/h6H,1-5H2,(H2,11,18)(H,14,15)(H,16,17)(H2,12,13,19)/t6-/m1/s1. The predicted molar refractivity (Wildman–Crippen MR) is 65.0 cm³/mol. The van der Waals surface area contributed by atoms with Crippen molar-refractivity contribution in [1.29, 1.82) is 0 Å². The molecule has 0 aliphatic heterocycles. The van der Waals surface area contributed by atoms with Crippen molar-refractivity contribution in [1.82, 2.24) is 10.6 Å². The van der Waals surface area contributed by atoms with Gasteiger partial charge in [-0.05, 0) is 12.8 Å². The minimum Gasteiger partial charge on any atom is -0.481 e. The third kappa shape index (κ3) is 9.50. The van der Waals surface area contributed by atoms with Crippen molar-refractivity contribution in [3.8, 4) is 0 Å². The molecular formula is C10H17N3O7. The van der Waals surface area contributed by atoms with Crippen molar-refractivity contribution >= 4 is 24.1 Å². The molecule has 0 bridgehead atoms. The molecule has 0 spiro atoms. The average Bonchev–Trinajstić information content (AvgIpc) is 2.32. The number of ether oxygens (including phenoxy) is 1. The van der Waals surface area contributed by atoms with Crippen LogP contribution in [0, 0.1) is 0 Å². The smallest absolute Gasteiger partial charge is 0.404 e. The summed E-state index contributed by atoms with van der Waals surface area (Å²) >= 11 is 0. The summed E-state index contributed by atoms with van der Waals surface area (Å²) in [5, 5.41) is 21.7. The topological polar surface area (TPSA) is 168 Å². The number of urea groups is 1. The van der Waals surface area contributed by atoms with Crippen molar-refractivity contribution in [2.75, 3.05) is 13.2 Å². The van der Waals surface area contributed by atoms with E-state index < -0.39 is 30.1 Å². The monoisotopic (exact) mass is 291 g/mol. The Morgan fingerprint density at radius 2 is 1.85 bits per heavy atom. The van der Waals surface area contributed by atoms with Gasteiger partial charge < -0.3 is 31.3 Å². The van der Waals surface area contributed by atoms with E-state index in [0.717, 1.165) is 0 Å². The minimum atomic E-state index is -1.26. The summed E-state index contributed by atoms with van der Waals surface area (Å²) in [4.78, 5) is 42.7. The number of aliphatic carboxylic acids is 2. The van der Waals surface area contributed by atoms with Crippen LogP contribution in [0.4, 0.5) is 9.59 Å². The maximum absolute atomic E-state index is 11.3. The molecule has 0 radical (unpaired) electrons. The fraction of sp³-hybridized carbons (Fsp3) is 0.600. The van der Waals surface area contributed by atoms with Crippen LogP contribution in [0.25, 0.3) is 0 Å². The molecule has 0 aromatic rings. The number of amides is 3. The van der Waals surface area contributed by atoms with Gasteiger partial charge in [-0.15, -0.1) is 0 Å². The maximum Gasteiger partial charge on any atom is 0.404 e. The third-order valence-corrected chi connectivity index (χ3v) is 2.12. The molecule has 0 rings (SSSR count). The van der Waals surface area contributed by atoms with Crippen LogP contribution in [0.1, 0.15) is 19.3 Å². The van der Waals surface area contributed by atoms with Crippen LogP contribution in [-0.2, 0) is 14.3 Å². The number of carbonyl (C=O) groups is 4. The Morgan fingerprint density at radius 3 is 2.35 bits per heavy atom. The molecule has 0 aliphatic carbocycles. The van der Waals surface area contributed by atoms with Gasteiger partial charge in [0.25, 0.3) is 0 Å². The van der Waals surface area contributed by atoms with Crippen molar-refractivity contribution < 1.29 is 34.1 Å². The average molecular weight is 291 g/mol. The molecule has 10 nitrogen and oxygen atoms in total. The number of hydrogen-bond donors (Lipinski definition) is 5. The summed E-state index contributed by atoms with van der Waals surface area (Å²) in [5.74, 6) is -2.30. The first-order chi connectivity index (χ1) is 9.32. The fourth-order valence-electron chi connectivity index (χ4n) is 1.24. The highest BCUT2D eigenvalue weighted by Crippen LogP contribution is 2.01. The second-order valence-corrected chi connectivity index (χ2v) is 3.74. The molecule has 1 atom stereocenters. The van der Waals surface area contributed by atoms with Crippen LogP contribution in [0.3, 0.4) is 0 Å². The van der Waals surface area contributed by atoms with E-state index in [0.29, 0.717) is 0 Å². The van der Waals surface area contributed by atoms with Gasteiger partial charge in [-0.3, -0.25) is 4.79 Å². The van der Waals surface area contributed by atoms with Crippen molar-refractivity contribution in [3.63, 3.8) is 0 Å². The Morgan fingerprint density at radius 1 is 1.20 bits per heavy atom. The zero-order valence-electron chi connectivity index (χ0n) is 10.6.